The second-order valence-electron chi connectivity index (χ2n) is 18.0. The zero-order valence-electron chi connectivity index (χ0n) is 37.3. The maximum absolute atomic E-state index is 11.2. The van der Waals surface area contributed by atoms with Crippen LogP contribution in [0.25, 0.3) is 121 Å². The maximum Gasteiger partial charge on any atom is 0.0998 e. The van der Waals surface area contributed by atoms with E-state index in [0.717, 1.165) is 111 Å². The van der Waals surface area contributed by atoms with Crippen molar-refractivity contribution in [2.45, 2.75) is 13.8 Å². The lowest BCUT2D eigenvalue weighted by Gasteiger charge is -2.20. The van der Waals surface area contributed by atoms with E-state index in [1.807, 2.05) is 13.8 Å². The zero-order chi connectivity index (χ0) is 45.2. The molecule has 0 aliphatic heterocycles. The van der Waals surface area contributed by atoms with Crippen LogP contribution in [0.1, 0.15) is 17.0 Å². The number of hydrogen-bond acceptors (Lipinski definition) is 2. The van der Waals surface area contributed by atoms with Gasteiger partial charge in [-0.15, -0.1) is 0 Å². The molecule has 0 fully saturated rings. The average Bonchev–Trinajstić information content (AvgIpc) is 4.10. The van der Waals surface area contributed by atoms with Crippen LogP contribution in [0.3, 0.4) is 0 Å². The van der Waals surface area contributed by atoms with Crippen LogP contribution in [0.15, 0.2) is 206 Å². The van der Waals surface area contributed by atoms with Gasteiger partial charge in [0, 0.05) is 71.4 Å². The van der Waals surface area contributed by atoms with E-state index in [9.17, 15) is 5.26 Å². The summed E-state index contributed by atoms with van der Waals surface area (Å²) in [5.74, 6) is 0. The van der Waals surface area contributed by atoms with Crippen molar-refractivity contribution in [3.8, 4) is 39.9 Å². The second-order valence-corrected chi connectivity index (χ2v) is 18.0. The van der Waals surface area contributed by atoms with Gasteiger partial charge in [-0.3, -0.25) is 4.98 Å². The lowest BCUT2D eigenvalue weighted by Crippen LogP contribution is -2.06. The molecule has 0 radical (unpaired) electrons. The van der Waals surface area contributed by atoms with Gasteiger partial charge in [-0.2, -0.15) is 5.26 Å². The van der Waals surface area contributed by atoms with Gasteiger partial charge in [0.05, 0.1) is 67.1 Å². The second kappa shape index (κ2) is 14.4. The van der Waals surface area contributed by atoms with E-state index in [-0.39, 0.29) is 0 Å². The molecule has 0 atom stereocenters. The lowest BCUT2D eigenvalue weighted by molar-refractivity contribution is 1.09. The minimum atomic E-state index is 0.588. The fourth-order valence-corrected chi connectivity index (χ4v) is 11.4. The Balaban J connectivity index is 1.12. The first-order chi connectivity index (χ1) is 33.5. The van der Waals surface area contributed by atoms with E-state index in [1.54, 1.807) is 0 Å². The Morgan fingerprint density at radius 3 is 1.03 bits per heavy atom. The summed E-state index contributed by atoms with van der Waals surface area (Å²) in [6.45, 7) is 4.04. The molecule has 5 aromatic heterocycles. The van der Waals surface area contributed by atoms with Crippen LogP contribution in [0.4, 0.5) is 0 Å². The van der Waals surface area contributed by atoms with Crippen LogP contribution in [0.5, 0.6) is 0 Å². The van der Waals surface area contributed by atoms with E-state index >= 15 is 0 Å². The summed E-state index contributed by atoms with van der Waals surface area (Å²) < 4.78 is 9.60. The van der Waals surface area contributed by atoms with Crippen molar-refractivity contribution in [2.24, 2.45) is 0 Å². The fraction of sp³-hybridized carbons (Fsp3) is 0.0323. The van der Waals surface area contributed by atoms with Crippen molar-refractivity contribution in [3.63, 3.8) is 0 Å². The minimum absolute atomic E-state index is 0.588. The third-order valence-electron chi connectivity index (χ3n) is 14.1. The number of nitriles is 1. The largest absolute Gasteiger partial charge is 0.309 e. The normalized spacial score (nSPS) is 12.0. The van der Waals surface area contributed by atoms with Gasteiger partial charge in [0.1, 0.15) is 0 Å². The number of benzene rings is 9. The molecule has 14 rings (SSSR count). The number of aromatic nitrogens is 5. The summed E-state index contributed by atoms with van der Waals surface area (Å²) in [5, 5.41) is 20.7. The van der Waals surface area contributed by atoms with Crippen LogP contribution in [0.2, 0.25) is 0 Å². The van der Waals surface area contributed by atoms with Gasteiger partial charge in [-0.25, -0.2) is 0 Å². The molecule has 0 bridgehead atoms. The maximum atomic E-state index is 11.2. The third kappa shape index (κ3) is 5.41. The van der Waals surface area contributed by atoms with Crippen molar-refractivity contribution in [2.75, 3.05) is 0 Å². The summed E-state index contributed by atoms with van der Waals surface area (Å²) in [4.78, 5) is 4.74. The van der Waals surface area contributed by atoms with Crippen molar-refractivity contribution in [1.29, 1.82) is 5.26 Å². The monoisotopic (exact) mass is 868 g/mol. The number of nitrogens with zero attached hydrogens (tertiary/aromatic N) is 6. The van der Waals surface area contributed by atoms with Crippen molar-refractivity contribution < 1.29 is 0 Å². The number of aryl methyl sites for hydroxylation is 2. The Labute approximate surface area is 391 Å². The molecule has 0 N–H and O–H groups in total. The molecule has 0 saturated carbocycles. The van der Waals surface area contributed by atoms with Gasteiger partial charge in [0.15, 0.2) is 0 Å². The molecular formula is C62H40N6. The Bertz CT molecular complexity index is 4360. The summed E-state index contributed by atoms with van der Waals surface area (Å²) >= 11 is 0. The Hall–Kier alpha value is -9.18. The molecule has 0 unspecified atom stereocenters. The molecule has 6 heteroatoms. The average molecular weight is 869 g/mol. The minimum Gasteiger partial charge on any atom is -0.309 e. The van der Waals surface area contributed by atoms with Crippen molar-refractivity contribution in [3.05, 3.63) is 223 Å². The summed E-state index contributed by atoms with van der Waals surface area (Å²) in [7, 11) is 0. The van der Waals surface area contributed by atoms with E-state index < -0.39 is 0 Å². The molecule has 9 aromatic carbocycles. The quantitative estimate of drug-likeness (QED) is 0.173. The van der Waals surface area contributed by atoms with Gasteiger partial charge in [0.2, 0.25) is 0 Å². The number of rotatable bonds is 5. The van der Waals surface area contributed by atoms with Crippen molar-refractivity contribution >= 4 is 87.2 Å². The highest BCUT2D eigenvalue weighted by atomic mass is 15.1. The number of hydrogen-bond donors (Lipinski definition) is 0. The Kier molecular flexibility index (Phi) is 8.08. The Morgan fingerprint density at radius 2 is 0.662 bits per heavy atom. The topological polar surface area (TPSA) is 56.4 Å². The molecule has 68 heavy (non-hydrogen) atoms. The predicted octanol–water partition coefficient (Wildman–Crippen LogP) is 15.6. The molecule has 0 aliphatic rings. The van der Waals surface area contributed by atoms with Crippen LogP contribution >= 0.6 is 0 Å². The first-order valence-corrected chi connectivity index (χ1v) is 23.1. The van der Waals surface area contributed by atoms with Gasteiger partial charge in [-0.1, -0.05) is 121 Å². The lowest BCUT2D eigenvalue weighted by atomic mass is 9.97. The fourth-order valence-electron chi connectivity index (χ4n) is 11.4. The van der Waals surface area contributed by atoms with Crippen molar-refractivity contribution in [1.82, 2.24) is 23.3 Å². The number of fused-ring (bicyclic) bond motifs is 12. The highest BCUT2D eigenvalue weighted by Crippen LogP contribution is 2.43. The van der Waals surface area contributed by atoms with Crippen LogP contribution in [0, 0.1) is 25.2 Å². The number of para-hydroxylation sites is 6. The van der Waals surface area contributed by atoms with Gasteiger partial charge < -0.3 is 18.3 Å². The van der Waals surface area contributed by atoms with Gasteiger partial charge >= 0.3 is 0 Å². The van der Waals surface area contributed by atoms with Crippen LogP contribution < -0.4 is 0 Å². The first kappa shape index (κ1) is 38.1. The van der Waals surface area contributed by atoms with Gasteiger partial charge in [0.25, 0.3) is 0 Å². The molecule has 6 nitrogen and oxygen atoms in total. The molecule has 0 amide bonds. The summed E-state index contributed by atoms with van der Waals surface area (Å²) in [6, 6.07) is 77.0. The molecule has 0 saturated heterocycles. The molecular weight excluding hydrogens is 829 g/mol. The third-order valence-corrected chi connectivity index (χ3v) is 14.1. The zero-order valence-corrected chi connectivity index (χ0v) is 37.3. The van der Waals surface area contributed by atoms with Crippen LogP contribution in [-0.4, -0.2) is 23.3 Å². The Morgan fingerprint density at radius 1 is 0.338 bits per heavy atom. The standard InChI is InChI=1S/C62H40N6/c1-38-31-40(32-39(2)64-38)52-36-62(68-58-26-14-8-20-49(58)51-30-28-43(35-60(51)68)66-55-23-11-5-17-46(55)47-18-6-12-24-56(47)66)61(33-41(52)37-63)67-57-25-13-7-19-48(57)50-29-27-42(34-59(50)67)65-53-21-9-3-15-44(53)45-16-4-10-22-54(45)65/h3-36H,1-2H3. The molecule has 14 aromatic rings. The highest BCUT2D eigenvalue weighted by molar-refractivity contribution is 6.14. The molecule has 318 valence electrons. The molecule has 0 aliphatic carbocycles. The van der Waals surface area contributed by atoms with Crippen LogP contribution in [-0.2, 0) is 0 Å². The molecule has 5 heterocycles. The number of pyridine rings is 1. The van der Waals surface area contributed by atoms with E-state index in [0.29, 0.717) is 5.56 Å². The summed E-state index contributed by atoms with van der Waals surface area (Å²) in [6.07, 6.45) is 0. The molecule has 0 spiro atoms. The smallest absolute Gasteiger partial charge is 0.0998 e. The first-order valence-electron chi connectivity index (χ1n) is 23.1. The van der Waals surface area contributed by atoms with Gasteiger partial charge in [-0.05, 0) is 104 Å². The highest BCUT2D eigenvalue weighted by Gasteiger charge is 2.24. The van der Waals surface area contributed by atoms with E-state index in [4.69, 9.17) is 4.98 Å². The van der Waals surface area contributed by atoms with E-state index in [2.05, 4.69) is 231 Å². The predicted molar refractivity (Wildman–Crippen MR) is 281 cm³/mol. The van der Waals surface area contributed by atoms with E-state index in [1.165, 1.54) is 21.5 Å². The summed E-state index contributed by atoms with van der Waals surface area (Å²) in [5.41, 5.74) is 17.1. The SMILES string of the molecule is Cc1cc(-c2cc(-n3c4ccccc4c4ccc(-n5c6ccccc6c6ccccc65)cc43)c(-n3c4ccccc4c4ccc(-n5c6ccccc6c6ccccc65)cc43)cc2C#N)cc(C)n1.